The number of phosphoric acid groups is 1. The van der Waals surface area contributed by atoms with Gasteiger partial charge < -0.3 is 24.2 Å². The maximum atomic E-state index is 12.9. The molecule has 0 aliphatic rings. The molecule has 0 spiro atoms. The van der Waals surface area contributed by atoms with Gasteiger partial charge in [-0.1, -0.05) is 219 Å². The molecule has 3 atom stereocenters. The Bertz CT molecular complexity index is 1740. The van der Waals surface area contributed by atoms with Crippen molar-refractivity contribution in [3.63, 3.8) is 0 Å². The molecule has 11 nitrogen and oxygen atoms in total. The van der Waals surface area contributed by atoms with E-state index in [1.54, 1.807) is 0 Å². The van der Waals surface area contributed by atoms with Gasteiger partial charge in [-0.15, -0.1) is 0 Å². The number of aliphatic hydroxyl groups excluding tert-OH is 1. The number of rotatable bonds is 53. The second kappa shape index (κ2) is 57.1. The predicted molar refractivity (Wildman–Crippen MR) is 316 cm³/mol. The van der Waals surface area contributed by atoms with Crippen LogP contribution < -0.4 is 0 Å². The number of carbonyl (C=O) groups is 3. The first kappa shape index (κ1) is 71.9. The standard InChI is InChI=1S/C64H105O11P/c1-4-7-10-13-16-19-22-24-26-28-30-32-34-36-39-42-45-48-51-54-63(67)74-60(56-65)58-72-76(69,70)73-59-61(57-71-62(66)53-50-47-44-41-38-21-18-15-12-9-6-3)75-64(68)55-52-49-46-43-40-37-35-33-31-29-27-25-23-20-17-14-11-8-5-2/h7-8,10-11,16-17,19-20,24-27,30-33,36-37,39-40,60-61,65H,4-6,9,12-15,18,21-23,28-29,34-35,38,41-59H2,1-3H3,(H,69,70)/b10-7-,11-8-,19-16-,20-17-,26-24-,27-25-,32-30-,33-31-,39-36-,40-37-. The largest absolute Gasteiger partial charge is 0.472 e. The molecule has 12 heteroatoms. The molecule has 432 valence electrons. The van der Waals surface area contributed by atoms with Crippen LogP contribution in [-0.4, -0.2) is 66.5 Å². The Balaban J connectivity index is 4.77. The molecule has 0 aliphatic heterocycles. The van der Waals surface area contributed by atoms with Crippen molar-refractivity contribution in [2.24, 2.45) is 0 Å². The van der Waals surface area contributed by atoms with Crippen LogP contribution in [0.25, 0.3) is 0 Å². The van der Waals surface area contributed by atoms with Crippen LogP contribution >= 0.6 is 7.82 Å². The van der Waals surface area contributed by atoms with Gasteiger partial charge in [0.05, 0.1) is 19.8 Å². The van der Waals surface area contributed by atoms with E-state index in [-0.39, 0.29) is 25.9 Å². The number of carbonyl (C=O) groups excluding carboxylic acids is 3. The minimum absolute atomic E-state index is 0.121. The fourth-order valence-electron chi connectivity index (χ4n) is 7.47. The molecule has 76 heavy (non-hydrogen) atoms. The van der Waals surface area contributed by atoms with Gasteiger partial charge in [-0.25, -0.2) is 4.57 Å². The number of ether oxygens (including phenoxy) is 3. The minimum Gasteiger partial charge on any atom is -0.462 e. The van der Waals surface area contributed by atoms with Gasteiger partial charge in [-0.2, -0.15) is 0 Å². The molecule has 2 N–H and O–H groups in total. The molecule has 0 bridgehead atoms. The van der Waals surface area contributed by atoms with Gasteiger partial charge in [0.15, 0.2) is 6.10 Å². The summed E-state index contributed by atoms with van der Waals surface area (Å²) in [5.74, 6) is -1.55. The molecule has 0 aromatic carbocycles. The van der Waals surface area contributed by atoms with Gasteiger partial charge in [-0.3, -0.25) is 23.4 Å². The molecule has 0 aromatic rings. The summed E-state index contributed by atoms with van der Waals surface area (Å²) in [5.41, 5.74) is 0. The molecular weight excluding hydrogens is 976 g/mol. The number of allylic oxidation sites excluding steroid dienone is 20. The number of esters is 3. The summed E-state index contributed by atoms with van der Waals surface area (Å²) in [6, 6.07) is 0. The third-order valence-corrected chi connectivity index (χ3v) is 12.8. The van der Waals surface area contributed by atoms with E-state index in [0.717, 1.165) is 122 Å². The molecule has 0 saturated heterocycles. The Morgan fingerprint density at radius 2 is 0.684 bits per heavy atom. The van der Waals surface area contributed by atoms with Crippen LogP contribution in [0.5, 0.6) is 0 Å². The lowest BCUT2D eigenvalue weighted by Gasteiger charge is -2.21. The van der Waals surface area contributed by atoms with Gasteiger partial charge in [0.1, 0.15) is 12.7 Å². The van der Waals surface area contributed by atoms with Crippen molar-refractivity contribution >= 4 is 25.7 Å². The fourth-order valence-corrected chi connectivity index (χ4v) is 8.25. The smallest absolute Gasteiger partial charge is 0.462 e. The first-order valence-corrected chi connectivity index (χ1v) is 30.9. The Kier molecular flexibility index (Phi) is 54.0. The summed E-state index contributed by atoms with van der Waals surface area (Å²) in [7, 11) is -4.77. The van der Waals surface area contributed by atoms with Gasteiger partial charge in [0.25, 0.3) is 0 Å². The number of hydrogen-bond acceptors (Lipinski definition) is 10. The van der Waals surface area contributed by atoms with Crippen molar-refractivity contribution in [1.29, 1.82) is 0 Å². The topological polar surface area (TPSA) is 155 Å². The number of aliphatic hydroxyl groups is 1. The van der Waals surface area contributed by atoms with E-state index < -0.39 is 57.8 Å². The lowest BCUT2D eigenvalue weighted by molar-refractivity contribution is -0.161. The SMILES string of the molecule is CC/C=C\C/C=C\C/C=C\C/C=C\C/C=C\CCCCCC(=O)OC(CO)COP(=O)(O)OCC(COC(=O)CCCCCCCCCCCCC)OC(=O)CCCCC/C=C\C/C=C\C/C=C\C/C=C\C/C=C\CC. The molecule has 0 radical (unpaired) electrons. The Morgan fingerprint density at radius 3 is 1.05 bits per heavy atom. The van der Waals surface area contributed by atoms with Gasteiger partial charge >= 0.3 is 25.7 Å². The lowest BCUT2D eigenvalue weighted by Crippen LogP contribution is -2.30. The van der Waals surface area contributed by atoms with Crippen LogP contribution in [0.1, 0.15) is 226 Å². The summed E-state index contributed by atoms with van der Waals surface area (Å²) in [6.07, 6.45) is 70.1. The van der Waals surface area contributed by atoms with Crippen LogP contribution in [0.4, 0.5) is 0 Å². The van der Waals surface area contributed by atoms with Crippen molar-refractivity contribution in [2.45, 2.75) is 238 Å². The highest BCUT2D eigenvalue weighted by Crippen LogP contribution is 2.43. The second-order valence-corrected chi connectivity index (χ2v) is 20.5. The maximum absolute atomic E-state index is 12.9. The molecule has 0 aromatic heterocycles. The second-order valence-electron chi connectivity index (χ2n) is 19.0. The van der Waals surface area contributed by atoms with Crippen molar-refractivity contribution < 1.29 is 52.2 Å². The van der Waals surface area contributed by atoms with E-state index in [1.165, 1.54) is 44.9 Å². The highest BCUT2D eigenvalue weighted by atomic mass is 31.2. The summed E-state index contributed by atoms with van der Waals surface area (Å²) in [4.78, 5) is 48.5. The highest BCUT2D eigenvalue weighted by Gasteiger charge is 2.28. The number of hydrogen-bond donors (Lipinski definition) is 2. The van der Waals surface area contributed by atoms with Crippen molar-refractivity contribution in [3.8, 4) is 0 Å². The van der Waals surface area contributed by atoms with Crippen molar-refractivity contribution in [3.05, 3.63) is 122 Å². The number of phosphoric ester groups is 1. The van der Waals surface area contributed by atoms with Crippen LogP contribution in [0.3, 0.4) is 0 Å². The Labute approximate surface area is 462 Å². The molecule has 3 unspecified atom stereocenters. The van der Waals surface area contributed by atoms with E-state index in [2.05, 4.69) is 142 Å². The minimum atomic E-state index is -4.77. The average Bonchev–Trinajstić information content (AvgIpc) is 3.41. The average molecular weight is 1080 g/mol. The third kappa shape index (κ3) is 54.7. The predicted octanol–water partition coefficient (Wildman–Crippen LogP) is 17.6. The number of unbranched alkanes of at least 4 members (excludes halogenated alkanes) is 16. The first-order chi connectivity index (χ1) is 37.2. The third-order valence-electron chi connectivity index (χ3n) is 11.9. The van der Waals surface area contributed by atoms with E-state index in [4.69, 9.17) is 23.3 Å². The van der Waals surface area contributed by atoms with Gasteiger partial charge in [0, 0.05) is 19.3 Å². The zero-order valence-electron chi connectivity index (χ0n) is 47.7. The molecule has 0 heterocycles. The monoisotopic (exact) mass is 1080 g/mol. The van der Waals surface area contributed by atoms with Crippen molar-refractivity contribution in [1.82, 2.24) is 0 Å². The van der Waals surface area contributed by atoms with Crippen LogP contribution in [0, 0.1) is 0 Å². The lowest BCUT2D eigenvalue weighted by atomic mass is 10.1. The summed E-state index contributed by atoms with van der Waals surface area (Å²) >= 11 is 0. The van der Waals surface area contributed by atoms with Crippen LogP contribution in [0.2, 0.25) is 0 Å². The molecular formula is C64H105O11P. The van der Waals surface area contributed by atoms with Crippen LogP contribution in [-0.2, 0) is 42.2 Å². The fraction of sp³-hybridized carbons (Fsp3) is 0.641. The first-order valence-electron chi connectivity index (χ1n) is 29.4. The van der Waals surface area contributed by atoms with E-state index in [9.17, 15) is 28.9 Å². The van der Waals surface area contributed by atoms with Gasteiger partial charge in [0.2, 0.25) is 0 Å². The van der Waals surface area contributed by atoms with E-state index in [0.29, 0.717) is 19.3 Å². The Hall–Kier alpha value is -4.12. The summed E-state index contributed by atoms with van der Waals surface area (Å²) in [6.45, 7) is 4.32. The molecule has 0 saturated carbocycles. The highest BCUT2D eigenvalue weighted by molar-refractivity contribution is 7.47. The van der Waals surface area contributed by atoms with E-state index >= 15 is 0 Å². The molecule has 0 aliphatic carbocycles. The Morgan fingerprint density at radius 1 is 0.382 bits per heavy atom. The van der Waals surface area contributed by atoms with Crippen LogP contribution in [0.15, 0.2) is 122 Å². The van der Waals surface area contributed by atoms with Crippen molar-refractivity contribution in [2.75, 3.05) is 26.4 Å². The molecule has 0 fully saturated rings. The normalized spacial score (nSPS) is 14.2. The summed E-state index contributed by atoms with van der Waals surface area (Å²) < 4.78 is 39.5. The quantitative estimate of drug-likeness (QED) is 0.0197. The maximum Gasteiger partial charge on any atom is 0.472 e. The zero-order chi connectivity index (χ0) is 55.5. The molecule has 0 amide bonds. The van der Waals surface area contributed by atoms with Gasteiger partial charge in [-0.05, 0) is 109 Å². The molecule has 0 rings (SSSR count). The van der Waals surface area contributed by atoms with E-state index in [1.807, 2.05) is 0 Å². The zero-order valence-corrected chi connectivity index (χ0v) is 48.6. The summed E-state index contributed by atoms with van der Waals surface area (Å²) in [5, 5.41) is 9.82.